The number of halogens is 3. The fraction of sp³-hybridized carbons (Fsp3) is 0.267. The molecule has 1 heterocycles. The van der Waals surface area contributed by atoms with Crippen molar-refractivity contribution >= 4 is 5.78 Å². The zero-order valence-corrected chi connectivity index (χ0v) is 10.8. The molecule has 1 aromatic carbocycles. The van der Waals surface area contributed by atoms with E-state index in [4.69, 9.17) is 0 Å². The van der Waals surface area contributed by atoms with Gasteiger partial charge < -0.3 is 4.57 Å². The first kappa shape index (κ1) is 13.0. The van der Waals surface area contributed by atoms with Gasteiger partial charge in [0.15, 0.2) is 23.2 Å². The van der Waals surface area contributed by atoms with E-state index in [0.29, 0.717) is 36.2 Å². The number of carbonyl (C=O) groups excluding carboxylic acids is 1. The molecule has 0 bridgehead atoms. The van der Waals surface area contributed by atoms with Crippen molar-refractivity contribution in [1.29, 1.82) is 0 Å². The van der Waals surface area contributed by atoms with Gasteiger partial charge in [0.2, 0.25) is 0 Å². The molecule has 1 aliphatic carbocycles. The van der Waals surface area contributed by atoms with E-state index in [1.807, 2.05) is 0 Å². The van der Waals surface area contributed by atoms with Crippen molar-refractivity contribution in [2.24, 2.45) is 0 Å². The molecule has 0 aliphatic heterocycles. The lowest BCUT2D eigenvalue weighted by molar-refractivity contribution is 0.0972. The number of hydrogen-bond acceptors (Lipinski definition) is 1. The van der Waals surface area contributed by atoms with E-state index in [1.165, 1.54) is 10.6 Å². The van der Waals surface area contributed by atoms with Gasteiger partial charge in [-0.2, -0.15) is 0 Å². The van der Waals surface area contributed by atoms with Gasteiger partial charge in [0.1, 0.15) is 0 Å². The van der Waals surface area contributed by atoms with Crippen molar-refractivity contribution in [2.45, 2.75) is 26.2 Å². The van der Waals surface area contributed by atoms with Gasteiger partial charge in [0, 0.05) is 23.4 Å². The van der Waals surface area contributed by atoms with E-state index in [9.17, 15) is 18.0 Å². The van der Waals surface area contributed by atoms with Crippen LogP contribution in [0.1, 0.15) is 34.6 Å². The minimum atomic E-state index is -1.49. The van der Waals surface area contributed by atoms with Crippen LogP contribution in [-0.4, -0.2) is 10.4 Å². The first-order valence-electron chi connectivity index (χ1n) is 6.39. The number of rotatable bonds is 1. The predicted molar refractivity (Wildman–Crippen MR) is 67.6 cm³/mol. The molecule has 2 aromatic rings. The second kappa shape index (κ2) is 4.51. The van der Waals surface area contributed by atoms with E-state index in [-0.39, 0.29) is 11.5 Å². The highest BCUT2D eigenvalue weighted by molar-refractivity contribution is 5.98. The fourth-order valence-corrected chi connectivity index (χ4v) is 2.75. The summed E-state index contributed by atoms with van der Waals surface area (Å²) in [4.78, 5) is 11.8. The van der Waals surface area contributed by atoms with Gasteiger partial charge >= 0.3 is 0 Å². The summed E-state index contributed by atoms with van der Waals surface area (Å²) in [7, 11) is 0. The van der Waals surface area contributed by atoms with Gasteiger partial charge in [-0.1, -0.05) is 0 Å². The number of carbonyl (C=O) groups is 1. The summed E-state index contributed by atoms with van der Waals surface area (Å²) in [6.45, 7) is 1.71. The lowest BCUT2D eigenvalue weighted by Gasteiger charge is -2.16. The van der Waals surface area contributed by atoms with E-state index in [2.05, 4.69) is 0 Å². The quantitative estimate of drug-likeness (QED) is 0.729. The van der Waals surface area contributed by atoms with Gasteiger partial charge in [0.05, 0.1) is 5.69 Å². The number of aromatic nitrogens is 1. The van der Waals surface area contributed by atoms with Crippen LogP contribution in [0.4, 0.5) is 13.2 Å². The van der Waals surface area contributed by atoms with E-state index < -0.39 is 17.5 Å². The first-order valence-corrected chi connectivity index (χ1v) is 6.39. The van der Waals surface area contributed by atoms with Crippen molar-refractivity contribution in [3.05, 3.63) is 52.6 Å². The minimum absolute atomic E-state index is 0.0103. The Kier molecular flexibility index (Phi) is 2.92. The molecule has 20 heavy (non-hydrogen) atoms. The molecule has 1 aliphatic rings. The lowest BCUT2D eigenvalue weighted by Crippen LogP contribution is -2.14. The molecule has 0 unspecified atom stereocenters. The van der Waals surface area contributed by atoms with Crippen LogP contribution in [0.5, 0.6) is 0 Å². The van der Waals surface area contributed by atoms with Gasteiger partial charge in [-0.05, 0) is 38.0 Å². The molecule has 104 valence electrons. The number of benzene rings is 1. The van der Waals surface area contributed by atoms with Crippen LogP contribution in [0.15, 0.2) is 18.2 Å². The summed E-state index contributed by atoms with van der Waals surface area (Å²) < 4.78 is 41.9. The van der Waals surface area contributed by atoms with E-state index >= 15 is 0 Å². The van der Waals surface area contributed by atoms with Crippen molar-refractivity contribution in [2.75, 3.05) is 0 Å². The van der Waals surface area contributed by atoms with Gasteiger partial charge in [-0.25, -0.2) is 13.2 Å². The molecule has 0 N–H and O–H groups in total. The number of fused-ring (bicyclic) bond motifs is 1. The van der Waals surface area contributed by atoms with Crippen LogP contribution in [-0.2, 0) is 6.42 Å². The standard InChI is InChI=1S/C15H12F3NO/c1-8-7-9-11(3-2-4-13(9)20)19(8)12-6-5-10(16)14(17)15(12)18/h5-7H,2-4H2,1H3. The number of aryl methyl sites for hydroxylation is 1. The SMILES string of the molecule is Cc1cc2c(n1-c1ccc(F)c(F)c1F)CCCC2=O. The van der Waals surface area contributed by atoms with Crippen LogP contribution >= 0.6 is 0 Å². The molecule has 0 radical (unpaired) electrons. The lowest BCUT2D eigenvalue weighted by atomic mass is 9.96. The van der Waals surface area contributed by atoms with Crippen LogP contribution < -0.4 is 0 Å². The maximum atomic E-state index is 14.0. The van der Waals surface area contributed by atoms with E-state index in [1.54, 1.807) is 13.0 Å². The van der Waals surface area contributed by atoms with Gasteiger partial charge in [-0.15, -0.1) is 0 Å². The number of nitrogens with zero attached hydrogens (tertiary/aromatic N) is 1. The molecule has 0 atom stereocenters. The normalized spacial score (nSPS) is 14.5. The highest BCUT2D eigenvalue weighted by Gasteiger charge is 2.25. The Hall–Kier alpha value is -2.04. The van der Waals surface area contributed by atoms with Crippen molar-refractivity contribution in [3.8, 4) is 5.69 Å². The summed E-state index contributed by atoms with van der Waals surface area (Å²) >= 11 is 0. The van der Waals surface area contributed by atoms with E-state index in [0.717, 1.165) is 6.07 Å². The zero-order valence-electron chi connectivity index (χ0n) is 10.8. The van der Waals surface area contributed by atoms with Crippen molar-refractivity contribution < 1.29 is 18.0 Å². The largest absolute Gasteiger partial charge is 0.315 e. The Morgan fingerprint density at radius 1 is 1.10 bits per heavy atom. The summed E-state index contributed by atoms with van der Waals surface area (Å²) in [5.74, 6) is -3.94. The van der Waals surface area contributed by atoms with Gasteiger partial charge in [0.25, 0.3) is 0 Å². The highest BCUT2D eigenvalue weighted by atomic mass is 19.2. The minimum Gasteiger partial charge on any atom is -0.315 e. The summed E-state index contributed by atoms with van der Waals surface area (Å²) in [6, 6.07) is 3.77. The molecule has 2 nitrogen and oxygen atoms in total. The smallest absolute Gasteiger partial charge is 0.196 e. The Morgan fingerprint density at radius 2 is 1.85 bits per heavy atom. The molecular formula is C15H12F3NO. The maximum absolute atomic E-state index is 14.0. The molecule has 0 spiro atoms. The van der Waals surface area contributed by atoms with Crippen molar-refractivity contribution in [1.82, 2.24) is 4.57 Å². The Bertz CT molecular complexity index is 718. The van der Waals surface area contributed by atoms with Crippen LogP contribution in [0, 0.1) is 24.4 Å². The third-order valence-corrected chi connectivity index (χ3v) is 3.66. The highest BCUT2D eigenvalue weighted by Crippen LogP contribution is 2.30. The van der Waals surface area contributed by atoms with Crippen LogP contribution in [0.25, 0.3) is 5.69 Å². The molecule has 0 saturated carbocycles. The fourth-order valence-electron chi connectivity index (χ4n) is 2.75. The first-order chi connectivity index (χ1) is 9.50. The molecule has 5 heteroatoms. The molecule has 3 rings (SSSR count). The third-order valence-electron chi connectivity index (χ3n) is 3.66. The average Bonchev–Trinajstić information content (AvgIpc) is 2.75. The maximum Gasteiger partial charge on any atom is 0.196 e. The average molecular weight is 279 g/mol. The van der Waals surface area contributed by atoms with Crippen LogP contribution in [0.3, 0.4) is 0 Å². The number of Topliss-reactive ketones (excluding diaryl/α,β-unsaturated/α-hetero) is 1. The monoisotopic (exact) mass is 279 g/mol. The molecule has 0 saturated heterocycles. The molecular weight excluding hydrogens is 267 g/mol. The summed E-state index contributed by atoms with van der Waals surface area (Å²) in [5.41, 5.74) is 1.80. The Labute approximate surface area is 113 Å². The summed E-state index contributed by atoms with van der Waals surface area (Å²) in [6.07, 6.45) is 1.77. The van der Waals surface area contributed by atoms with Crippen LogP contribution in [0.2, 0.25) is 0 Å². The second-order valence-electron chi connectivity index (χ2n) is 4.95. The van der Waals surface area contributed by atoms with Crippen molar-refractivity contribution in [3.63, 3.8) is 0 Å². The zero-order chi connectivity index (χ0) is 14.4. The number of ketones is 1. The third kappa shape index (κ3) is 1.77. The molecule has 0 fully saturated rings. The molecule has 0 amide bonds. The molecule has 1 aromatic heterocycles. The summed E-state index contributed by atoms with van der Waals surface area (Å²) in [5, 5.41) is 0. The van der Waals surface area contributed by atoms with Gasteiger partial charge in [-0.3, -0.25) is 4.79 Å². The number of hydrogen-bond donors (Lipinski definition) is 0. The topological polar surface area (TPSA) is 22.0 Å². The Balaban J connectivity index is 2.26. The second-order valence-corrected chi connectivity index (χ2v) is 4.95. The Morgan fingerprint density at radius 3 is 2.60 bits per heavy atom. The predicted octanol–water partition coefficient (Wildman–Crippen LogP) is 3.72.